The van der Waals surface area contributed by atoms with Crippen molar-refractivity contribution >= 4 is 28.6 Å². The molecule has 0 aliphatic carbocycles. The fourth-order valence-corrected chi connectivity index (χ4v) is 1.65. The molecule has 0 bridgehead atoms. The normalized spacial score (nSPS) is 11.3. The lowest BCUT2D eigenvalue weighted by atomic mass is 10.1. The van der Waals surface area contributed by atoms with Crippen LogP contribution in [-0.4, -0.2) is 15.8 Å². The minimum absolute atomic E-state index is 0.373. The topological polar surface area (TPSA) is 65.7 Å². The van der Waals surface area contributed by atoms with Gasteiger partial charge in [0.25, 0.3) is 5.56 Å². The number of allylic oxidation sites excluding steroid dienone is 1. The summed E-state index contributed by atoms with van der Waals surface area (Å²) < 4.78 is 0. The van der Waals surface area contributed by atoms with Crippen LogP contribution in [0.15, 0.2) is 33.9 Å². The molecule has 2 aromatic rings. The first kappa shape index (κ1) is 10.7. The van der Waals surface area contributed by atoms with E-state index in [1.807, 2.05) is 0 Å². The van der Waals surface area contributed by atoms with Crippen molar-refractivity contribution in [3.05, 3.63) is 50.7 Å². The zero-order valence-electron chi connectivity index (χ0n) is 8.29. The maximum atomic E-state index is 11.6. The molecule has 0 aliphatic rings. The Morgan fingerprint density at radius 3 is 2.81 bits per heavy atom. The van der Waals surface area contributed by atoms with Crippen LogP contribution in [0.25, 0.3) is 17.0 Å². The van der Waals surface area contributed by atoms with E-state index in [0.717, 1.165) is 5.56 Å². The lowest BCUT2D eigenvalue weighted by molar-refractivity contribution is 1.08. The first-order chi connectivity index (χ1) is 7.72. The fourth-order valence-electron chi connectivity index (χ4n) is 1.56. The smallest absolute Gasteiger partial charge is 0.307 e. The molecule has 2 N–H and O–H groups in total. The molecule has 0 unspecified atom stereocenters. The molecule has 1 aromatic carbocycles. The SMILES string of the molecule is O=c1[nH]c(=O)c2c(C=CCCl)cccc2[nH]1. The van der Waals surface area contributed by atoms with Crippen LogP contribution in [0.4, 0.5) is 0 Å². The van der Waals surface area contributed by atoms with E-state index in [1.165, 1.54) is 0 Å². The molecular weight excluding hydrogens is 228 g/mol. The third-order valence-corrected chi connectivity index (χ3v) is 2.36. The van der Waals surface area contributed by atoms with Crippen LogP contribution in [0.5, 0.6) is 0 Å². The number of H-pyrrole nitrogens is 2. The first-order valence-corrected chi connectivity index (χ1v) is 5.23. The van der Waals surface area contributed by atoms with Crippen molar-refractivity contribution in [2.75, 3.05) is 5.88 Å². The standard InChI is InChI=1S/C11H9ClN2O2/c12-6-2-4-7-3-1-5-8-9(7)10(15)14-11(16)13-8/h1-5H,6H2,(H2,13,14,15,16). The Balaban J connectivity index is 2.82. The first-order valence-electron chi connectivity index (χ1n) is 4.70. The lowest BCUT2D eigenvalue weighted by Crippen LogP contribution is -2.22. The maximum absolute atomic E-state index is 11.6. The molecule has 82 valence electrons. The minimum Gasteiger partial charge on any atom is -0.307 e. The number of hydrogen-bond donors (Lipinski definition) is 2. The van der Waals surface area contributed by atoms with E-state index in [0.29, 0.717) is 16.8 Å². The van der Waals surface area contributed by atoms with Gasteiger partial charge >= 0.3 is 5.69 Å². The van der Waals surface area contributed by atoms with Crippen molar-refractivity contribution in [2.45, 2.75) is 0 Å². The Bertz CT molecular complexity index is 655. The summed E-state index contributed by atoms with van der Waals surface area (Å²) >= 11 is 5.54. The summed E-state index contributed by atoms with van der Waals surface area (Å²) in [5.74, 6) is 0.373. The van der Waals surface area contributed by atoms with Crippen LogP contribution >= 0.6 is 11.6 Å². The molecule has 0 radical (unpaired) electrons. The number of hydrogen-bond acceptors (Lipinski definition) is 2. The molecule has 0 amide bonds. The van der Waals surface area contributed by atoms with Crippen LogP contribution in [0, 0.1) is 0 Å². The van der Waals surface area contributed by atoms with Gasteiger partial charge in [-0.2, -0.15) is 0 Å². The van der Waals surface area contributed by atoms with E-state index >= 15 is 0 Å². The third-order valence-electron chi connectivity index (χ3n) is 2.19. The van der Waals surface area contributed by atoms with Gasteiger partial charge < -0.3 is 4.98 Å². The number of alkyl halides is 1. The molecule has 0 fully saturated rings. The van der Waals surface area contributed by atoms with Gasteiger partial charge in [0.1, 0.15) is 0 Å². The molecule has 16 heavy (non-hydrogen) atoms. The predicted molar refractivity (Wildman–Crippen MR) is 64.9 cm³/mol. The van der Waals surface area contributed by atoms with Crippen molar-refractivity contribution in [1.82, 2.24) is 9.97 Å². The quantitative estimate of drug-likeness (QED) is 0.776. The fraction of sp³-hybridized carbons (Fsp3) is 0.0909. The van der Waals surface area contributed by atoms with Crippen molar-refractivity contribution < 1.29 is 0 Å². The summed E-state index contributed by atoms with van der Waals surface area (Å²) in [6, 6.07) is 5.24. The molecule has 5 heteroatoms. The highest BCUT2D eigenvalue weighted by Gasteiger charge is 2.03. The van der Waals surface area contributed by atoms with Gasteiger partial charge in [-0.1, -0.05) is 24.3 Å². The largest absolute Gasteiger partial charge is 0.326 e. The molecule has 0 aliphatic heterocycles. The maximum Gasteiger partial charge on any atom is 0.326 e. The Labute approximate surface area is 95.6 Å². The highest BCUT2D eigenvalue weighted by atomic mass is 35.5. The average Bonchev–Trinajstić information content (AvgIpc) is 2.25. The van der Waals surface area contributed by atoms with Crippen LogP contribution in [0.3, 0.4) is 0 Å². The Kier molecular flexibility index (Phi) is 2.92. The lowest BCUT2D eigenvalue weighted by Gasteiger charge is -1.99. The number of aromatic amines is 2. The molecule has 0 saturated heterocycles. The summed E-state index contributed by atoms with van der Waals surface area (Å²) in [6.07, 6.45) is 3.49. The van der Waals surface area contributed by atoms with Crippen molar-refractivity contribution in [3.8, 4) is 0 Å². The zero-order valence-corrected chi connectivity index (χ0v) is 9.04. The second-order valence-electron chi connectivity index (χ2n) is 3.23. The molecular formula is C11H9ClN2O2. The molecule has 0 atom stereocenters. The summed E-state index contributed by atoms with van der Waals surface area (Å²) in [4.78, 5) is 27.5. The summed E-state index contributed by atoms with van der Waals surface area (Å²) in [6.45, 7) is 0. The van der Waals surface area contributed by atoms with Crippen LogP contribution in [0.2, 0.25) is 0 Å². The molecule has 1 heterocycles. The molecule has 2 rings (SSSR count). The molecule has 0 saturated carbocycles. The van der Waals surface area contributed by atoms with Gasteiger partial charge in [0.2, 0.25) is 0 Å². The third kappa shape index (κ3) is 1.92. The van der Waals surface area contributed by atoms with Gasteiger partial charge in [0, 0.05) is 5.88 Å². The number of halogens is 1. The van der Waals surface area contributed by atoms with E-state index in [-0.39, 0.29) is 0 Å². The van der Waals surface area contributed by atoms with Crippen LogP contribution in [-0.2, 0) is 0 Å². The van der Waals surface area contributed by atoms with Crippen LogP contribution in [0.1, 0.15) is 5.56 Å². The highest BCUT2D eigenvalue weighted by Crippen LogP contribution is 2.12. The number of rotatable bonds is 2. The molecule has 0 spiro atoms. The van der Waals surface area contributed by atoms with E-state index in [1.54, 1.807) is 30.4 Å². The van der Waals surface area contributed by atoms with Gasteiger partial charge in [-0.25, -0.2) is 4.79 Å². The van der Waals surface area contributed by atoms with Crippen molar-refractivity contribution in [3.63, 3.8) is 0 Å². The van der Waals surface area contributed by atoms with Crippen molar-refractivity contribution in [2.24, 2.45) is 0 Å². The van der Waals surface area contributed by atoms with Gasteiger partial charge in [-0.15, -0.1) is 11.6 Å². The Morgan fingerprint density at radius 1 is 1.25 bits per heavy atom. The van der Waals surface area contributed by atoms with Gasteiger partial charge in [-0.3, -0.25) is 9.78 Å². The predicted octanol–water partition coefficient (Wildman–Crippen LogP) is 1.47. The number of nitrogens with one attached hydrogen (secondary N) is 2. The minimum atomic E-state index is -0.504. The van der Waals surface area contributed by atoms with E-state index in [2.05, 4.69) is 9.97 Å². The number of aromatic nitrogens is 2. The van der Waals surface area contributed by atoms with Crippen molar-refractivity contribution in [1.29, 1.82) is 0 Å². The average molecular weight is 237 g/mol. The Morgan fingerprint density at radius 2 is 2.06 bits per heavy atom. The van der Waals surface area contributed by atoms with Gasteiger partial charge in [-0.05, 0) is 11.6 Å². The molecule has 4 nitrogen and oxygen atoms in total. The van der Waals surface area contributed by atoms with Gasteiger partial charge in [0.15, 0.2) is 0 Å². The summed E-state index contributed by atoms with van der Waals surface area (Å²) in [5.41, 5.74) is 0.352. The number of fused-ring (bicyclic) bond motifs is 1. The van der Waals surface area contributed by atoms with Gasteiger partial charge in [0.05, 0.1) is 10.9 Å². The highest BCUT2D eigenvalue weighted by molar-refractivity contribution is 6.19. The zero-order chi connectivity index (χ0) is 11.5. The Hall–Kier alpha value is -1.81. The monoisotopic (exact) mass is 236 g/mol. The van der Waals surface area contributed by atoms with E-state index in [4.69, 9.17) is 11.6 Å². The van der Waals surface area contributed by atoms with Crippen LogP contribution < -0.4 is 11.2 Å². The molecule has 1 aromatic heterocycles. The summed E-state index contributed by atoms with van der Waals surface area (Å²) in [5, 5.41) is 0.462. The second-order valence-corrected chi connectivity index (χ2v) is 3.54. The second kappa shape index (κ2) is 4.37. The number of benzene rings is 1. The van der Waals surface area contributed by atoms with E-state index < -0.39 is 11.2 Å². The summed E-state index contributed by atoms with van der Waals surface area (Å²) in [7, 11) is 0. The van der Waals surface area contributed by atoms with E-state index in [9.17, 15) is 9.59 Å².